The molecule has 82 valence electrons. The Morgan fingerprint density at radius 3 is 3.07 bits per heavy atom. The van der Waals surface area contributed by atoms with Gasteiger partial charge in [-0.2, -0.15) is 0 Å². The summed E-state index contributed by atoms with van der Waals surface area (Å²) in [5.41, 5.74) is 0. The van der Waals surface area contributed by atoms with Crippen LogP contribution >= 0.6 is 0 Å². The van der Waals surface area contributed by atoms with Crippen molar-refractivity contribution < 1.29 is 14.3 Å². The second-order valence-corrected chi connectivity index (χ2v) is 3.19. The molecule has 1 unspecified atom stereocenters. The van der Waals surface area contributed by atoms with Gasteiger partial charge in [-0.25, -0.2) is 0 Å². The van der Waals surface area contributed by atoms with Crippen molar-refractivity contribution in [3.63, 3.8) is 0 Å². The second kappa shape index (κ2) is 6.75. The van der Waals surface area contributed by atoms with E-state index in [-0.39, 0.29) is 12.0 Å². The summed E-state index contributed by atoms with van der Waals surface area (Å²) in [5.74, 6) is 0.0274. The molecule has 1 saturated heterocycles. The van der Waals surface area contributed by atoms with E-state index < -0.39 is 0 Å². The van der Waals surface area contributed by atoms with Crippen LogP contribution in [0.3, 0.4) is 0 Å². The molecule has 1 amide bonds. The molecule has 5 heteroatoms. The first-order chi connectivity index (χ1) is 6.83. The molecule has 0 radical (unpaired) electrons. The first kappa shape index (κ1) is 11.4. The Balaban J connectivity index is 1.99. The van der Waals surface area contributed by atoms with Gasteiger partial charge in [-0.3, -0.25) is 4.79 Å². The van der Waals surface area contributed by atoms with Crippen molar-refractivity contribution in [2.75, 3.05) is 33.0 Å². The summed E-state index contributed by atoms with van der Waals surface area (Å²) < 4.78 is 10.3. The third-order valence-electron chi connectivity index (χ3n) is 2.00. The van der Waals surface area contributed by atoms with Crippen molar-refractivity contribution in [3.8, 4) is 0 Å². The van der Waals surface area contributed by atoms with Gasteiger partial charge < -0.3 is 20.1 Å². The molecule has 1 aliphatic heterocycles. The quantitative estimate of drug-likeness (QED) is 0.629. The highest BCUT2D eigenvalue weighted by molar-refractivity contribution is 5.77. The molecule has 1 heterocycles. The van der Waals surface area contributed by atoms with Crippen LogP contribution in [0.5, 0.6) is 0 Å². The summed E-state index contributed by atoms with van der Waals surface area (Å²) in [4.78, 5) is 11.0. The molecule has 1 aliphatic rings. The molecular formula is C9H18N2O3. The van der Waals surface area contributed by atoms with E-state index in [1.807, 2.05) is 6.92 Å². The van der Waals surface area contributed by atoms with E-state index in [1.54, 1.807) is 0 Å². The van der Waals surface area contributed by atoms with Crippen LogP contribution in [-0.2, 0) is 14.3 Å². The summed E-state index contributed by atoms with van der Waals surface area (Å²) in [6, 6.07) is 0. The van der Waals surface area contributed by atoms with Gasteiger partial charge in [0, 0.05) is 13.1 Å². The Morgan fingerprint density at radius 1 is 1.57 bits per heavy atom. The maximum absolute atomic E-state index is 11.0. The molecule has 1 rings (SSSR count). The average Bonchev–Trinajstić information content (AvgIpc) is 2.20. The van der Waals surface area contributed by atoms with Crippen molar-refractivity contribution >= 4 is 5.91 Å². The lowest BCUT2D eigenvalue weighted by Crippen LogP contribution is -2.39. The van der Waals surface area contributed by atoms with Crippen LogP contribution in [0.2, 0.25) is 0 Å². The fourth-order valence-electron chi connectivity index (χ4n) is 1.27. The average molecular weight is 202 g/mol. The molecule has 14 heavy (non-hydrogen) atoms. The minimum atomic E-state index is 0.0274. The predicted molar refractivity (Wildman–Crippen MR) is 51.9 cm³/mol. The molecule has 1 atom stereocenters. The van der Waals surface area contributed by atoms with Gasteiger partial charge in [-0.15, -0.1) is 0 Å². The van der Waals surface area contributed by atoms with Crippen molar-refractivity contribution in [2.24, 2.45) is 0 Å². The Bertz CT molecular complexity index is 169. The van der Waals surface area contributed by atoms with E-state index >= 15 is 0 Å². The number of ether oxygens (including phenoxy) is 2. The number of nitrogens with one attached hydrogen (secondary N) is 2. The standard InChI is InChI=1S/C9H18N2O3/c1-2-11-9(12)6-10-5-8-3-4-13-7-14-8/h8,10H,2-7H2,1H3,(H,11,12). The summed E-state index contributed by atoms with van der Waals surface area (Å²) >= 11 is 0. The molecule has 0 saturated carbocycles. The molecule has 0 bridgehead atoms. The Hall–Kier alpha value is -0.650. The maximum Gasteiger partial charge on any atom is 0.233 e. The zero-order chi connectivity index (χ0) is 10.2. The lowest BCUT2D eigenvalue weighted by Gasteiger charge is -2.22. The molecule has 5 nitrogen and oxygen atoms in total. The first-order valence-electron chi connectivity index (χ1n) is 4.99. The largest absolute Gasteiger partial charge is 0.355 e. The number of hydrogen-bond donors (Lipinski definition) is 2. The Labute approximate surface area is 84.1 Å². The van der Waals surface area contributed by atoms with Gasteiger partial charge in [0.15, 0.2) is 0 Å². The third-order valence-corrected chi connectivity index (χ3v) is 2.00. The van der Waals surface area contributed by atoms with E-state index in [2.05, 4.69) is 10.6 Å². The van der Waals surface area contributed by atoms with Crippen LogP contribution in [0, 0.1) is 0 Å². The number of likely N-dealkylation sites (N-methyl/N-ethyl adjacent to an activating group) is 1. The SMILES string of the molecule is CCNC(=O)CNCC1CCOCO1. The zero-order valence-corrected chi connectivity index (χ0v) is 8.54. The Morgan fingerprint density at radius 2 is 2.43 bits per heavy atom. The summed E-state index contributed by atoms with van der Waals surface area (Å²) in [5, 5.41) is 5.76. The third kappa shape index (κ3) is 4.55. The van der Waals surface area contributed by atoms with Gasteiger partial charge >= 0.3 is 0 Å². The molecule has 0 aliphatic carbocycles. The lowest BCUT2D eigenvalue weighted by atomic mass is 10.2. The topological polar surface area (TPSA) is 59.6 Å². The van der Waals surface area contributed by atoms with E-state index in [4.69, 9.17) is 9.47 Å². The molecule has 0 aromatic rings. The van der Waals surface area contributed by atoms with Crippen LogP contribution in [0.25, 0.3) is 0 Å². The van der Waals surface area contributed by atoms with Crippen LogP contribution in [-0.4, -0.2) is 45.0 Å². The van der Waals surface area contributed by atoms with Crippen LogP contribution in [0.4, 0.5) is 0 Å². The second-order valence-electron chi connectivity index (χ2n) is 3.19. The van der Waals surface area contributed by atoms with E-state index in [0.29, 0.717) is 26.4 Å². The minimum absolute atomic E-state index is 0.0274. The molecule has 0 aromatic carbocycles. The normalized spacial score (nSPS) is 21.9. The van der Waals surface area contributed by atoms with Crippen LogP contribution in [0.1, 0.15) is 13.3 Å². The number of carbonyl (C=O) groups excluding carboxylic acids is 1. The van der Waals surface area contributed by atoms with Crippen LogP contribution in [0.15, 0.2) is 0 Å². The van der Waals surface area contributed by atoms with Gasteiger partial charge in [-0.05, 0) is 13.3 Å². The summed E-state index contributed by atoms with van der Waals surface area (Å²) in [6.45, 7) is 4.75. The van der Waals surface area contributed by atoms with Crippen molar-refractivity contribution in [2.45, 2.75) is 19.4 Å². The van der Waals surface area contributed by atoms with Crippen molar-refractivity contribution in [1.29, 1.82) is 0 Å². The number of amides is 1. The number of rotatable bonds is 5. The van der Waals surface area contributed by atoms with E-state index in [9.17, 15) is 4.79 Å². The predicted octanol–water partition coefficient (Wildman–Crippen LogP) is -0.525. The summed E-state index contributed by atoms with van der Waals surface area (Å²) in [7, 11) is 0. The van der Waals surface area contributed by atoms with Crippen molar-refractivity contribution in [3.05, 3.63) is 0 Å². The van der Waals surface area contributed by atoms with Gasteiger partial charge in [0.1, 0.15) is 6.79 Å². The monoisotopic (exact) mass is 202 g/mol. The van der Waals surface area contributed by atoms with E-state index in [1.165, 1.54) is 0 Å². The first-order valence-corrected chi connectivity index (χ1v) is 4.99. The highest BCUT2D eigenvalue weighted by Gasteiger charge is 2.13. The van der Waals surface area contributed by atoms with Crippen molar-refractivity contribution in [1.82, 2.24) is 10.6 Å². The summed E-state index contributed by atoms with van der Waals surface area (Å²) in [6.07, 6.45) is 1.07. The fraction of sp³-hybridized carbons (Fsp3) is 0.889. The molecule has 0 aromatic heterocycles. The van der Waals surface area contributed by atoms with Gasteiger partial charge in [-0.1, -0.05) is 0 Å². The molecule has 1 fully saturated rings. The number of hydrogen-bond acceptors (Lipinski definition) is 4. The zero-order valence-electron chi connectivity index (χ0n) is 8.54. The lowest BCUT2D eigenvalue weighted by molar-refractivity contribution is -0.137. The molecular weight excluding hydrogens is 184 g/mol. The van der Waals surface area contributed by atoms with Crippen LogP contribution < -0.4 is 10.6 Å². The highest BCUT2D eigenvalue weighted by Crippen LogP contribution is 2.03. The van der Waals surface area contributed by atoms with Gasteiger partial charge in [0.05, 0.1) is 19.3 Å². The minimum Gasteiger partial charge on any atom is -0.355 e. The highest BCUT2D eigenvalue weighted by atomic mass is 16.7. The smallest absolute Gasteiger partial charge is 0.233 e. The Kier molecular flexibility index (Phi) is 5.51. The number of carbonyl (C=O) groups is 1. The van der Waals surface area contributed by atoms with E-state index in [0.717, 1.165) is 13.0 Å². The molecule has 2 N–H and O–H groups in total. The van der Waals surface area contributed by atoms with Gasteiger partial charge in [0.2, 0.25) is 5.91 Å². The molecule has 0 spiro atoms. The van der Waals surface area contributed by atoms with Gasteiger partial charge in [0.25, 0.3) is 0 Å². The maximum atomic E-state index is 11.0. The fourth-order valence-corrected chi connectivity index (χ4v) is 1.27.